The van der Waals surface area contributed by atoms with Gasteiger partial charge in [-0.1, -0.05) is 11.6 Å². The molecule has 1 heterocycles. The second kappa shape index (κ2) is 4.89. The Labute approximate surface area is 107 Å². The summed E-state index contributed by atoms with van der Waals surface area (Å²) in [4.78, 5) is 26.9. The number of amides is 1. The monoisotopic (exact) mass is 272 g/mol. The fourth-order valence-corrected chi connectivity index (χ4v) is 1.73. The van der Waals surface area contributed by atoms with Gasteiger partial charge in [0.25, 0.3) is 11.6 Å². The lowest BCUT2D eigenvalue weighted by atomic mass is 10.2. The highest BCUT2D eigenvalue weighted by Crippen LogP contribution is 2.26. The average molecular weight is 273 g/mol. The number of rotatable bonds is 2. The van der Waals surface area contributed by atoms with Gasteiger partial charge >= 0.3 is 0 Å². The van der Waals surface area contributed by atoms with Crippen molar-refractivity contribution in [2.45, 2.75) is 6.10 Å². The van der Waals surface area contributed by atoms with Crippen LogP contribution in [-0.2, 0) is 4.84 Å². The molecule has 1 aromatic rings. The van der Waals surface area contributed by atoms with Gasteiger partial charge in [0.05, 0.1) is 11.5 Å². The van der Waals surface area contributed by atoms with Crippen LogP contribution in [0, 0.1) is 10.1 Å². The number of β-amino-alcohol motifs (C(OH)–C–C–N with tert-alkyl or cyclic N) is 1. The van der Waals surface area contributed by atoms with Crippen molar-refractivity contribution in [1.82, 2.24) is 5.06 Å². The Morgan fingerprint density at radius 1 is 1.61 bits per heavy atom. The number of halogens is 1. The van der Waals surface area contributed by atoms with E-state index >= 15 is 0 Å². The molecule has 1 saturated heterocycles. The van der Waals surface area contributed by atoms with E-state index in [1.165, 1.54) is 12.1 Å². The van der Waals surface area contributed by atoms with Gasteiger partial charge < -0.3 is 5.11 Å². The largest absolute Gasteiger partial charge is 0.389 e. The van der Waals surface area contributed by atoms with Gasteiger partial charge in [0.15, 0.2) is 0 Å². The van der Waals surface area contributed by atoms with Gasteiger partial charge in [0.1, 0.15) is 17.7 Å². The van der Waals surface area contributed by atoms with Crippen LogP contribution >= 0.6 is 11.6 Å². The van der Waals surface area contributed by atoms with Crippen LogP contribution in [0.1, 0.15) is 10.4 Å². The number of hydroxylamine groups is 2. The van der Waals surface area contributed by atoms with E-state index in [0.29, 0.717) is 0 Å². The molecule has 0 unspecified atom stereocenters. The Hall–Kier alpha value is -1.70. The lowest BCUT2D eigenvalue weighted by Crippen LogP contribution is -2.28. The van der Waals surface area contributed by atoms with Crippen LogP contribution in [0.25, 0.3) is 0 Å². The predicted molar refractivity (Wildman–Crippen MR) is 61.1 cm³/mol. The maximum Gasteiger partial charge on any atom is 0.288 e. The molecule has 0 spiro atoms. The fourth-order valence-electron chi connectivity index (χ4n) is 1.54. The standard InChI is InChI=1S/C10H9ClN2O5/c11-8-2-1-6(3-9(8)13(16)17)10(15)12-4-7(14)5-18-12/h1-3,7,14H,4-5H2/t7-/m1/s1. The molecule has 7 nitrogen and oxygen atoms in total. The number of carbonyl (C=O) groups is 1. The Morgan fingerprint density at radius 3 is 2.89 bits per heavy atom. The van der Waals surface area contributed by atoms with E-state index in [0.717, 1.165) is 11.1 Å². The third-order valence-corrected chi connectivity index (χ3v) is 2.74. The first-order chi connectivity index (χ1) is 8.49. The van der Waals surface area contributed by atoms with Crippen molar-refractivity contribution >= 4 is 23.2 Å². The summed E-state index contributed by atoms with van der Waals surface area (Å²) in [6.45, 7) is 0.0662. The lowest BCUT2D eigenvalue weighted by Gasteiger charge is -2.13. The fraction of sp³-hybridized carbons (Fsp3) is 0.300. The van der Waals surface area contributed by atoms with Crippen LogP contribution in [0.4, 0.5) is 5.69 Å². The van der Waals surface area contributed by atoms with E-state index in [1.807, 2.05) is 0 Å². The molecule has 0 bridgehead atoms. The maximum absolute atomic E-state index is 11.9. The van der Waals surface area contributed by atoms with Gasteiger partial charge in [-0.2, -0.15) is 0 Å². The molecule has 0 aromatic heterocycles. The maximum atomic E-state index is 11.9. The molecule has 18 heavy (non-hydrogen) atoms. The summed E-state index contributed by atoms with van der Waals surface area (Å²) < 4.78 is 0. The molecular formula is C10H9ClN2O5. The molecule has 1 aromatic carbocycles. The van der Waals surface area contributed by atoms with Gasteiger partial charge in [-0.05, 0) is 12.1 Å². The van der Waals surface area contributed by atoms with E-state index in [1.54, 1.807) is 0 Å². The zero-order chi connectivity index (χ0) is 13.3. The summed E-state index contributed by atoms with van der Waals surface area (Å²) in [5.74, 6) is -0.550. The summed E-state index contributed by atoms with van der Waals surface area (Å²) in [6, 6.07) is 3.73. The third-order valence-electron chi connectivity index (χ3n) is 2.42. The SMILES string of the molecule is O=C(c1ccc(Cl)c([N+](=O)[O-])c1)N1C[C@@H](O)CO1. The molecule has 96 valence electrons. The number of nitro benzene ring substituents is 1. The molecule has 0 aliphatic carbocycles. The second-order valence-electron chi connectivity index (χ2n) is 3.74. The predicted octanol–water partition coefficient (Wildman–Crippen LogP) is 0.996. The van der Waals surface area contributed by atoms with Crippen LogP contribution in [0.5, 0.6) is 0 Å². The molecular weight excluding hydrogens is 264 g/mol. The summed E-state index contributed by atoms with van der Waals surface area (Å²) in [6.07, 6.45) is -0.740. The highest BCUT2D eigenvalue weighted by Gasteiger charge is 2.28. The Kier molecular flexibility index (Phi) is 3.46. The highest BCUT2D eigenvalue weighted by atomic mass is 35.5. The summed E-state index contributed by atoms with van der Waals surface area (Å²) in [5, 5.41) is 20.9. The molecule has 1 aliphatic rings. The van der Waals surface area contributed by atoms with E-state index in [9.17, 15) is 20.0 Å². The smallest absolute Gasteiger partial charge is 0.288 e. The van der Waals surface area contributed by atoms with Crippen molar-refractivity contribution in [2.75, 3.05) is 13.2 Å². The molecule has 8 heteroatoms. The van der Waals surface area contributed by atoms with E-state index < -0.39 is 16.9 Å². The summed E-state index contributed by atoms with van der Waals surface area (Å²) >= 11 is 5.64. The van der Waals surface area contributed by atoms with E-state index in [2.05, 4.69) is 0 Å². The normalized spacial score (nSPS) is 19.0. The average Bonchev–Trinajstić information content (AvgIpc) is 2.75. The zero-order valence-electron chi connectivity index (χ0n) is 9.08. The molecule has 1 amide bonds. The molecule has 2 rings (SSSR count). The first-order valence-electron chi connectivity index (χ1n) is 5.06. The van der Waals surface area contributed by atoms with Gasteiger partial charge in [0, 0.05) is 11.6 Å². The molecule has 1 aliphatic heterocycles. The Balaban J connectivity index is 2.26. The van der Waals surface area contributed by atoms with Gasteiger partial charge in [-0.25, -0.2) is 5.06 Å². The topological polar surface area (TPSA) is 92.9 Å². The van der Waals surface area contributed by atoms with Crippen LogP contribution in [0.15, 0.2) is 18.2 Å². The van der Waals surface area contributed by atoms with Crippen molar-refractivity contribution in [3.63, 3.8) is 0 Å². The Bertz CT molecular complexity index is 507. The number of nitrogens with zero attached hydrogens (tertiary/aromatic N) is 2. The second-order valence-corrected chi connectivity index (χ2v) is 4.15. The number of hydrogen-bond acceptors (Lipinski definition) is 5. The first-order valence-corrected chi connectivity index (χ1v) is 5.43. The first kappa shape index (κ1) is 12.7. The number of benzene rings is 1. The minimum Gasteiger partial charge on any atom is -0.389 e. The van der Waals surface area contributed by atoms with Crippen LogP contribution < -0.4 is 0 Å². The van der Waals surface area contributed by atoms with Crippen molar-refractivity contribution in [3.05, 3.63) is 38.9 Å². The van der Waals surface area contributed by atoms with Crippen LogP contribution in [-0.4, -0.2) is 40.3 Å². The molecule has 1 fully saturated rings. The van der Waals surface area contributed by atoms with Crippen molar-refractivity contribution in [2.24, 2.45) is 0 Å². The van der Waals surface area contributed by atoms with Crippen molar-refractivity contribution < 1.29 is 19.7 Å². The van der Waals surface area contributed by atoms with Crippen LogP contribution in [0.2, 0.25) is 5.02 Å². The van der Waals surface area contributed by atoms with E-state index in [-0.39, 0.29) is 29.4 Å². The molecule has 0 radical (unpaired) electrons. The van der Waals surface area contributed by atoms with Gasteiger partial charge in [-0.3, -0.25) is 19.7 Å². The quantitative estimate of drug-likeness (QED) is 0.640. The number of aliphatic hydroxyl groups excluding tert-OH is 1. The van der Waals surface area contributed by atoms with Gasteiger partial charge in [-0.15, -0.1) is 0 Å². The summed E-state index contributed by atoms with van der Waals surface area (Å²) in [5.41, 5.74) is -0.262. The number of aliphatic hydroxyl groups is 1. The molecule has 0 saturated carbocycles. The number of hydrogen-bond donors (Lipinski definition) is 1. The van der Waals surface area contributed by atoms with Crippen molar-refractivity contribution in [1.29, 1.82) is 0 Å². The minimum absolute atomic E-state index is 0.0292. The minimum atomic E-state index is -0.740. The number of carbonyl (C=O) groups excluding carboxylic acids is 1. The van der Waals surface area contributed by atoms with E-state index in [4.69, 9.17) is 16.4 Å². The number of nitro groups is 1. The molecule has 1 atom stereocenters. The lowest BCUT2D eigenvalue weighted by molar-refractivity contribution is -0.384. The third kappa shape index (κ3) is 2.42. The Morgan fingerprint density at radius 2 is 2.33 bits per heavy atom. The molecule has 1 N–H and O–H groups in total. The van der Waals surface area contributed by atoms with Crippen molar-refractivity contribution in [3.8, 4) is 0 Å². The highest BCUT2D eigenvalue weighted by molar-refractivity contribution is 6.32. The summed E-state index contributed by atoms with van der Waals surface area (Å²) in [7, 11) is 0. The zero-order valence-corrected chi connectivity index (χ0v) is 9.83. The van der Waals surface area contributed by atoms with Crippen LogP contribution in [0.3, 0.4) is 0 Å². The van der Waals surface area contributed by atoms with Gasteiger partial charge in [0.2, 0.25) is 0 Å².